The van der Waals surface area contributed by atoms with E-state index in [1.54, 1.807) is 12.1 Å². The number of hydrogen-bond donors (Lipinski definition) is 1. The molecule has 28 heavy (non-hydrogen) atoms. The van der Waals surface area contributed by atoms with Crippen molar-refractivity contribution in [2.24, 2.45) is 5.92 Å². The van der Waals surface area contributed by atoms with Crippen LogP contribution in [0.25, 0.3) is 0 Å². The van der Waals surface area contributed by atoms with Crippen molar-refractivity contribution in [3.63, 3.8) is 0 Å². The third kappa shape index (κ3) is 4.54. The van der Waals surface area contributed by atoms with Crippen LogP contribution in [0.5, 0.6) is 0 Å². The third-order valence-corrected chi connectivity index (χ3v) is 4.32. The van der Waals surface area contributed by atoms with Gasteiger partial charge in [-0.2, -0.15) is 0 Å². The van der Waals surface area contributed by atoms with Gasteiger partial charge in [0.1, 0.15) is 17.4 Å². The number of carbonyl (C=O) groups excluding carboxylic acids is 3. The van der Waals surface area contributed by atoms with Gasteiger partial charge in [0.05, 0.1) is 24.4 Å². The Morgan fingerprint density at radius 1 is 1.36 bits per heavy atom. The summed E-state index contributed by atoms with van der Waals surface area (Å²) in [6.07, 6.45) is 0.208. The van der Waals surface area contributed by atoms with Crippen LogP contribution >= 0.6 is 0 Å². The van der Waals surface area contributed by atoms with Crippen molar-refractivity contribution in [2.75, 3.05) is 11.9 Å². The highest BCUT2D eigenvalue weighted by Crippen LogP contribution is 2.22. The Balaban J connectivity index is 1.54. The maximum atomic E-state index is 13.6. The van der Waals surface area contributed by atoms with E-state index in [0.29, 0.717) is 5.76 Å². The van der Waals surface area contributed by atoms with Crippen molar-refractivity contribution >= 4 is 23.5 Å². The van der Waals surface area contributed by atoms with Gasteiger partial charge >= 0.3 is 5.97 Å². The number of ether oxygens (including phenoxy) is 1. The molecule has 1 aromatic carbocycles. The molecule has 1 saturated heterocycles. The first-order chi connectivity index (χ1) is 13.3. The second-order valence-electron chi connectivity index (χ2n) is 6.45. The zero-order valence-electron chi connectivity index (χ0n) is 15.0. The largest absolute Gasteiger partial charge is 0.467 e. The molecule has 0 spiro atoms. The molecule has 1 aromatic heterocycles. The van der Waals surface area contributed by atoms with E-state index in [1.807, 2.05) is 0 Å². The molecule has 0 bridgehead atoms. The minimum Gasteiger partial charge on any atom is -0.467 e. The minimum absolute atomic E-state index is 0.0353. The lowest BCUT2D eigenvalue weighted by molar-refractivity contribution is -0.157. The first kappa shape index (κ1) is 19.5. The Labute approximate surface area is 159 Å². The van der Waals surface area contributed by atoms with Crippen LogP contribution in [0, 0.1) is 17.6 Å². The second kappa shape index (κ2) is 8.20. The molecule has 2 amide bonds. The highest BCUT2D eigenvalue weighted by Gasteiger charge is 2.37. The second-order valence-corrected chi connectivity index (χ2v) is 6.45. The number of esters is 1. The Hall–Kier alpha value is -3.23. The van der Waals surface area contributed by atoms with Gasteiger partial charge in [0, 0.05) is 19.0 Å². The lowest BCUT2D eigenvalue weighted by Gasteiger charge is -2.17. The summed E-state index contributed by atoms with van der Waals surface area (Å²) < 4.78 is 37.1. The molecule has 148 valence electrons. The van der Waals surface area contributed by atoms with E-state index in [1.165, 1.54) is 18.1 Å². The molecule has 1 aliphatic rings. The van der Waals surface area contributed by atoms with Crippen molar-refractivity contribution in [1.82, 2.24) is 4.90 Å². The predicted molar refractivity (Wildman–Crippen MR) is 92.8 cm³/mol. The predicted octanol–water partition coefficient (Wildman–Crippen LogP) is 2.48. The van der Waals surface area contributed by atoms with E-state index in [4.69, 9.17) is 9.15 Å². The number of nitrogens with zero attached hydrogens (tertiary/aromatic N) is 1. The average molecular weight is 392 g/mol. The highest BCUT2D eigenvalue weighted by atomic mass is 19.1. The van der Waals surface area contributed by atoms with Crippen LogP contribution in [-0.2, 0) is 25.7 Å². The molecular weight excluding hydrogens is 374 g/mol. The van der Waals surface area contributed by atoms with Crippen LogP contribution in [0.2, 0.25) is 0 Å². The van der Waals surface area contributed by atoms with Gasteiger partial charge in [0.25, 0.3) is 5.91 Å². The molecule has 0 unspecified atom stereocenters. The molecule has 0 radical (unpaired) electrons. The van der Waals surface area contributed by atoms with Crippen molar-refractivity contribution in [1.29, 1.82) is 0 Å². The summed E-state index contributed by atoms with van der Waals surface area (Å²) >= 11 is 0. The van der Waals surface area contributed by atoms with E-state index in [-0.39, 0.29) is 31.1 Å². The zero-order chi connectivity index (χ0) is 20.3. The summed E-state index contributed by atoms with van der Waals surface area (Å²) in [5, 5.41) is 2.17. The van der Waals surface area contributed by atoms with Crippen molar-refractivity contribution in [2.45, 2.75) is 26.0 Å². The highest BCUT2D eigenvalue weighted by molar-refractivity contribution is 5.95. The number of benzene rings is 1. The number of anilines is 1. The fraction of sp³-hybridized carbons (Fsp3) is 0.316. The number of nitrogens with one attached hydrogen (secondary N) is 1. The van der Waals surface area contributed by atoms with E-state index < -0.39 is 35.5 Å². The molecule has 7 nitrogen and oxygen atoms in total. The zero-order valence-corrected chi connectivity index (χ0v) is 15.0. The van der Waals surface area contributed by atoms with Crippen molar-refractivity contribution < 1.29 is 32.3 Å². The van der Waals surface area contributed by atoms with Gasteiger partial charge in [-0.1, -0.05) is 0 Å². The van der Waals surface area contributed by atoms with Crippen LogP contribution in [0.3, 0.4) is 0 Å². The summed E-state index contributed by atoms with van der Waals surface area (Å²) in [6, 6.07) is 6.03. The fourth-order valence-corrected chi connectivity index (χ4v) is 2.83. The van der Waals surface area contributed by atoms with Gasteiger partial charge in [-0.25, -0.2) is 8.78 Å². The van der Waals surface area contributed by atoms with Crippen molar-refractivity contribution in [3.05, 3.63) is 54.0 Å². The minimum atomic E-state index is -1.25. The normalized spacial score (nSPS) is 17.5. The monoisotopic (exact) mass is 392 g/mol. The Bertz CT molecular complexity index is 884. The Kier molecular flexibility index (Phi) is 5.72. The van der Waals surface area contributed by atoms with Crippen LogP contribution in [0.1, 0.15) is 19.1 Å². The number of amides is 2. The van der Waals surface area contributed by atoms with Gasteiger partial charge in [-0.3, -0.25) is 14.4 Å². The van der Waals surface area contributed by atoms with Gasteiger partial charge in [-0.05, 0) is 31.2 Å². The molecule has 0 aliphatic carbocycles. The molecular formula is C19H18F2N2O5. The maximum absolute atomic E-state index is 13.6. The summed E-state index contributed by atoms with van der Waals surface area (Å²) in [7, 11) is 0. The van der Waals surface area contributed by atoms with Crippen molar-refractivity contribution in [3.8, 4) is 0 Å². The standard InChI is InChI=1S/C19H18F2N2O5/c1-11(18(25)22-16-8-13(20)4-5-15(16)21)28-19(26)12-7-17(24)23(9-12)10-14-3-2-6-27-14/h2-6,8,11-12H,7,9-10H2,1H3,(H,22,25)/t11-,12-/m1/s1. The number of halogens is 2. The number of furan rings is 1. The Morgan fingerprint density at radius 2 is 2.14 bits per heavy atom. The third-order valence-electron chi connectivity index (χ3n) is 4.32. The maximum Gasteiger partial charge on any atom is 0.312 e. The number of hydrogen-bond acceptors (Lipinski definition) is 5. The topological polar surface area (TPSA) is 88.9 Å². The number of carbonyl (C=O) groups is 3. The van der Waals surface area contributed by atoms with Gasteiger partial charge in [-0.15, -0.1) is 0 Å². The molecule has 2 atom stereocenters. The molecule has 1 fully saturated rings. The first-order valence-corrected chi connectivity index (χ1v) is 8.60. The number of likely N-dealkylation sites (tertiary alicyclic amines) is 1. The lowest BCUT2D eigenvalue weighted by atomic mass is 10.1. The van der Waals surface area contributed by atoms with Gasteiger partial charge < -0.3 is 19.4 Å². The van der Waals surface area contributed by atoms with Crippen LogP contribution < -0.4 is 5.32 Å². The van der Waals surface area contributed by atoms with Gasteiger partial charge in [0.2, 0.25) is 5.91 Å². The van der Waals surface area contributed by atoms with E-state index in [9.17, 15) is 23.2 Å². The lowest BCUT2D eigenvalue weighted by Crippen LogP contribution is -2.33. The Morgan fingerprint density at radius 3 is 2.86 bits per heavy atom. The number of rotatable bonds is 6. The smallest absolute Gasteiger partial charge is 0.312 e. The molecule has 1 N–H and O–H groups in total. The van der Waals surface area contributed by atoms with Gasteiger partial charge in [0.15, 0.2) is 6.10 Å². The molecule has 2 aromatic rings. The summed E-state index contributed by atoms with van der Waals surface area (Å²) in [5.41, 5.74) is -0.353. The van der Waals surface area contributed by atoms with Crippen LogP contribution in [-0.4, -0.2) is 35.3 Å². The summed E-state index contributed by atoms with van der Waals surface area (Å²) in [4.78, 5) is 37.9. The summed E-state index contributed by atoms with van der Waals surface area (Å²) in [6.45, 7) is 1.69. The van der Waals surface area contributed by atoms with E-state index >= 15 is 0 Å². The molecule has 9 heteroatoms. The SMILES string of the molecule is C[C@@H](OC(=O)[C@@H]1CC(=O)N(Cc2ccco2)C1)C(=O)Nc1cc(F)ccc1F. The molecule has 2 heterocycles. The quantitative estimate of drug-likeness (QED) is 0.763. The van der Waals surface area contributed by atoms with Crippen LogP contribution in [0.4, 0.5) is 14.5 Å². The molecule has 3 rings (SSSR count). The van der Waals surface area contributed by atoms with E-state index in [0.717, 1.165) is 18.2 Å². The van der Waals surface area contributed by atoms with Crippen LogP contribution in [0.15, 0.2) is 41.0 Å². The molecule has 1 aliphatic heterocycles. The molecule has 0 saturated carbocycles. The average Bonchev–Trinajstić information content (AvgIpc) is 3.28. The first-order valence-electron chi connectivity index (χ1n) is 8.60. The fourth-order valence-electron chi connectivity index (χ4n) is 2.83. The summed E-state index contributed by atoms with van der Waals surface area (Å²) in [5.74, 6) is -3.41. The van der Waals surface area contributed by atoms with E-state index in [2.05, 4.69) is 5.32 Å².